The van der Waals surface area contributed by atoms with Crippen molar-refractivity contribution >= 4 is 31.2 Å². The van der Waals surface area contributed by atoms with Crippen LogP contribution in [0.15, 0.2) is 30.6 Å². The maximum atomic E-state index is 13.8. The molecule has 0 bridgehead atoms. The first-order chi connectivity index (χ1) is 24.6. The highest BCUT2D eigenvalue weighted by atomic mass is 31.1. The number of halogens is 1. The minimum atomic E-state index is -2.94. The Bertz CT molecular complexity index is 1540. The molecule has 0 amide bonds. The summed E-state index contributed by atoms with van der Waals surface area (Å²) in [4.78, 5) is 22.7. The molecule has 0 saturated carbocycles. The van der Waals surface area contributed by atoms with Crippen LogP contribution in [0.4, 0.5) is 10.2 Å². The number of fused-ring (bicyclic) bond motifs is 1. The summed E-state index contributed by atoms with van der Waals surface area (Å²) >= 11 is 0. The number of benzene rings is 1. The number of aliphatic hydroxyl groups excluding tert-OH is 1. The van der Waals surface area contributed by atoms with Crippen molar-refractivity contribution in [3.8, 4) is 5.75 Å². The number of aliphatic hydroxyl groups is 1. The number of hydrogen-bond donors (Lipinski definition) is 3. The molecule has 284 valence electrons. The van der Waals surface area contributed by atoms with Gasteiger partial charge in [-0.2, -0.15) is 14.4 Å². The van der Waals surface area contributed by atoms with Crippen LogP contribution in [0.1, 0.15) is 122 Å². The summed E-state index contributed by atoms with van der Waals surface area (Å²) in [5.41, 5.74) is 11.5. The third kappa shape index (κ3) is 13.1. The van der Waals surface area contributed by atoms with Crippen molar-refractivity contribution in [2.75, 3.05) is 18.9 Å². The smallest absolute Gasteiger partial charge is 0.367 e. The maximum Gasteiger partial charge on any atom is 0.367 e. The topological polar surface area (TPSA) is 187 Å². The molecule has 1 fully saturated rings. The molecule has 1 aliphatic heterocycles. The average Bonchev–Trinajstić information content (AvgIpc) is 3.65. The van der Waals surface area contributed by atoms with Gasteiger partial charge in [0.15, 0.2) is 17.0 Å². The summed E-state index contributed by atoms with van der Waals surface area (Å²) in [6, 6.07) is 7.02. The van der Waals surface area contributed by atoms with Crippen molar-refractivity contribution in [3.05, 3.63) is 42.2 Å². The number of unbranched alkanes of at least 4 members (excludes halogenated alkanes) is 13. The minimum absolute atomic E-state index is 0.0913. The summed E-state index contributed by atoms with van der Waals surface area (Å²) in [5.74, 6) is 0.0596. The molecule has 5 atom stereocenters. The molecule has 1 aliphatic rings. The highest BCUT2D eigenvalue weighted by molar-refractivity contribution is 7.33. The molecule has 1 unspecified atom stereocenters. The van der Waals surface area contributed by atoms with E-state index in [-0.39, 0.29) is 36.0 Å². The number of carbonyl (C=O) groups is 1. The molecule has 5 N–H and O–H groups in total. The van der Waals surface area contributed by atoms with Crippen LogP contribution < -0.4 is 16.0 Å². The fraction of sp³-hybridized carbons (Fsp3) is 0.667. The van der Waals surface area contributed by atoms with Gasteiger partial charge in [0.25, 0.3) is 0 Å². The van der Waals surface area contributed by atoms with Gasteiger partial charge in [-0.25, -0.2) is 9.55 Å². The molecule has 0 aliphatic carbocycles. The van der Waals surface area contributed by atoms with Gasteiger partial charge >= 0.3 is 20.3 Å². The largest absolute Gasteiger partial charge is 0.465 e. The zero-order valence-corrected chi connectivity index (χ0v) is 31.1. The fourth-order valence-corrected chi connectivity index (χ4v) is 7.03. The van der Waals surface area contributed by atoms with Crippen LogP contribution in [-0.2, 0) is 29.8 Å². The van der Waals surface area contributed by atoms with E-state index >= 15 is 0 Å². The number of nitrogens with zero attached hydrogens (tertiary/aromatic N) is 4. The van der Waals surface area contributed by atoms with Crippen molar-refractivity contribution in [2.24, 2.45) is 5.73 Å². The van der Waals surface area contributed by atoms with E-state index < -0.39 is 38.3 Å². The normalized spacial score (nSPS) is 20.1. The lowest BCUT2D eigenvalue weighted by Gasteiger charge is -2.27. The highest BCUT2D eigenvalue weighted by Gasteiger charge is 2.46. The second kappa shape index (κ2) is 20.8. The molecule has 51 heavy (non-hydrogen) atoms. The van der Waals surface area contributed by atoms with Gasteiger partial charge in [-0.05, 0) is 50.8 Å². The average molecular weight is 735 g/mol. The summed E-state index contributed by atoms with van der Waals surface area (Å²) in [6.07, 6.45) is 16.7. The third-order valence-electron chi connectivity index (χ3n) is 9.32. The number of carbonyl (C=O) groups excluding carboxylic acids is 1. The van der Waals surface area contributed by atoms with Gasteiger partial charge in [-0.15, -0.1) is 0 Å². The van der Waals surface area contributed by atoms with Crippen molar-refractivity contribution in [1.29, 1.82) is 0 Å². The Balaban J connectivity index is 1.03. The van der Waals surface area contributed by atoms with Gasteiger partial charge < -0.3 is 30.6 Å². The number of imidazole rings is 1. The Morgan fingerprint density at radius 2 is 1.69 bits per heavy atom. The quantitative estimate of drug-likeness (QED) is 0.0372. The molecule has 1 aromatic carbocycles. The van der Waals surface area contributed by atoms with Crippen molar-refractivity contribution in [1.82, 2.24) is 19.5 Å². The number of esters is 1. The number of nitrogens with two attached hydrogens (primary N) is 2. The molecule has 1 saturated heterocycles. The zero-order chi connectivity index (χ0) is 36.6. The number of hydrogen-bond acceptors (Lipinski definition) is 12. The molecular formula is C36H56FN6O7P. The van der Waals surface area contributed by atoms with Gasteiger partial charge in [0, 0.05) is 6.42 Å². The maximum absolute atomic E-state index is 13.8. The highest BCUT2D eigenvalue weighted by Crippen LogP contribution is 2.40. The summed E-state index contributed by atoms with van der Waals surface area (Å²) < 4.78 is 50.3. The summed E-state index contributed by atoms with van der Waals surface area (Å²) in [7, 11) is -2.94. The van der Waals surface area contributed by atoms with Gasteiger partial charge in [0.2, 0.25) is 0 Å². The monoisotopic (exact) mass is 734 g/mol. The van der Waals surface area contributed by atoms with Crippen LogP contribution in [0.3, 0.4) is 0 Å². The fourth-order valence-electron chi connectivity index (χ4n) is 6.25. The lowest BCUT2D eigenvalue weighted by Crippen LogP contribution is -2.40. The number of anilines is 1. The first-order valence-corrected chi connectivity index (χ1v) is 19.7. The lowest BCUT2D eigenvalue weighted by atomic mass is 10.0. The Hall–Kier alpha value is -3.16. The standard InChI is InChI=1S/C36H56FN6O7P/c1-26(38)34(45)47-21-16-14-12-10-8-6-4-3-5-7-9-11-13-15-18-27-19-17-20-28(22-27)50-51(46)48-24-36(2)29(44)23-30(49-36)43-25-40-31-32(39)41-35(37)42-33(31)43/h17,19-20,22,25-26,29-30,44,51H,3-16,18,21,23-24,38H2,1-2H3,(H2,39,41,42)/t26-,29-,30+,36+/m0/s1. The molecule has 15 heteroatoms. The number of nitrogen functional groups attached to an aromatic ring is 1. The minimum Gasteiger partial charge on any atom is -0.465 e. The first kappa shape index (κ1) is 40.6. The van der Waals surface area contributed by atoms with E-state index in [9.17, 15) is 18.9 Å². The van der Waals surface area contributed by atoms with Crippen LogP contribution in [0.5, 0.6) is 5.75 Å². The predicted octanol–water partition coefficient (Wildman–Crippen LogP) is 6.97. The molecular weight excluding hydrogens is 678 g/mol. The van der Waals surface area contributed by atoms with Crippen molar-refractivity contribution in [2.45, 2.75) is 141 Å². The van der Waals surface area contributed by atoms with Crippen molar-refractivity contribution in [3.63, 3.8) is 0 Å². The van der Waals surface area contributed by atoms with E-state index in [1.807, 2.05) is 18.2 Å². The number of aryl methyl sites for hydroxylation is 1. The molecule has 0 radical (unpaired) electrons. The van der Waals surface area contributed by atoms with E-state index in [1.54, 1.807) is 19.9 Å². The first-order valence-electron chi connectivity index (χ1n) is 18.4. The Labute approximate surface area is 300 Å². The van der Waals surface area contributed by atoms with Crippen LogP contribution in [-0.4, -0.2) is 61.6 Å². The van der Waals surface area contributed by atoms with Crippen LogP contribution >= 0.6 is 8.25 Å². The second-order valence-corrected chi connectivity index (χ2v) is 14.8. The molecule has 2 aromatic heterocycles. The van der Waals surface area contributed by atoms with Crippen LogP contribution in [0, 0.1) is 6.08 Å². The summed E-state index contributed by atoms with van der Waals surface area (Å²) in [6.45, 7) is 3.59. The predicted molar refractivity (Wildman–Crippen MR) is 194 cm³/mol. The number of aromatic nitrogens is 4. The van der Waals surface area contributed by atoms with Gasteiger partial charge in [-0.3, -0.25) is 13.9 Å². The van der Waals surface area contributed by atoms with E-state index in [2.05, 4.69) is 15.0 Å². The third-order valence-corrected chi connectivity index (χ3v) is 10.1. The molecule has 3 aromatic rings. The Morgan fingerprint density at radius 1 is 1.06 bits per heavy atom. The lowest BCUT2D eigenvalue weighted by molar-refractivity contribution is -0.144. The van der Waals surface area contributed by atoms with Crippen molar-refractivity contribution < 1.29 is 37.4 Å². The van der Waals surface area contributed by atoms with Gasteiger partial charge in [-0.1, -0.05) is 89.2 Å². The van der Waals surface area contributed by atoms with Crippen LogP contribution in [0.25, 0.3) is 11.2 Å². The van der Waals surface area contributed by atoms with E-state index in [1.165, 1.54) is 81.5 Å². The molecule has 0 spiro atoms. The zero-order valence-electron chi connectivity index (χ0n) is 30.1. The Morgan fingerprint density at radius 3 is 2.33 bits per heavy atom. The van der Waals surface area contributed by atoms with E-state index in [4.69, 9.17) is 30.0 Å². The molecule has 13 nitrogen and oxygen atoms in total. The molecule has 4 rings (SSSR count). The van der Waals surface area contributed by atoms with E-state index in [0.29, 0.717) is 12.4 Å². The SMILES string of the molecule is C[C@H](N)C(=O)OCCCCCCCCCCCCCCCCc1cccc(O[PH](=O)OC[C@@]2(C)O[C@@H](n3cnc4c(N)nc(F)nc43)C[C@@H]2O)c1. The number of rotatable bonds is 24. The van der Waals surface area contributed by atoms with Gasteiger partial charge in [0.05, 0.1) is 25.6 Å². The summed E-state index contributed by atoms with van der Waals surface area (Å²) in [5, 5.41) is 10.8. The van der Waals surface area contributed by atoms with E-state index in [0.717, 1.165) is 31.2 Å². The van der Waals surface area contributed by atoms with Crippen LogP contribution in [0.2, 0.25) is 0 Å². The second-order valence-electron chi connectivity index (χ2n) is 13.8. The Kier molecular flexibility index (Phi) is 16.5. The number of ether oxygens (including phenoxy) is 2. The van der Waals surface area contributed by atoms with Gasteiger partial charge in [0.1, 0.15) is 23.6 Å². The molecule has 3 heterocycles.